The third-order valence-electron chi connectivity index (χ3n) is 5.63. The van der Waals surface area contributed by atoms with Crippen molar-refractivity contribution in [3.05, 3.63) is 45.1 Å². The average Bonchev–Trinajstić information content (AvgIpc) is 3.49. The summed E-state index contributed by atoms with van der Waals surface area (Å²) in [6, 6.07) is 1.68. The molecule has 27 heavy (non-hydrogen) atoms. The molecule has 1 saturated heterocycles. The van der Waals surface area contributed by atoms with Gasteiger partial charge >= 0.3 is 5.97 Å². The number of aromatic nitrogens is 1. The summed E-state index contributed by atoms with van der Waals surface area (Å²) in [5.41, 5.74) is 2.55. The van der Waals surface area contributed by atoms with E-state index in [9.17, 15) is 9.59 Å². The van der Waals surface area contributed by atoms with Crippen LogP contribution in [-0.2, 0) is 4.74 Å². The van der Waals surface area contributed by atoms with E-state index in [1.807, 2.05) is 6.92 Å². The Hall–Kier alpha value is -2.37. The van der Waals surface area contributed by atoms with Gasteiger partial charge in [-0.1, -0.05) is 0 Å². The fourth-order valence-corrected chi connectivity index (χ4v) is 4.21. The largest absolute Gasteiger partial charge is 0.462 e. The summed E-state index contributed by atoms with van der Waals surface area (Å²) in [4.78, 5) is 27.3. The van der Waals surface area contributed by atoms with Crippen molar-refractivity contribution in [2.75, 3.05) is 24.6 Å². The van der Waals surface area contributed by atoms with Crippen LogP contribution in [-0.4, -0.2) is 30.1 Å². The molecule has 2 aromatic heterocycles. The first-order valence-corrected chi connectivity index (χ1v) is 9.83. The minimum Gasteiger partial charge on any atom is -0.462 e. The Kier molecular flexibility index (Phi) is 4.66. The number of carbonyl (C=O) groups excluding carboxylic acids is 1. The molecule has 4 rings (SSSR count). The van der Waals surface area contributed by atoms with Gasteiger partial charge in [-0.25, -0.2) is 9.18 Å². The molecule has 0 aromatic carbocycles. The smallest absolute Gasteiger partial charge is 0.343 e. The number of anilines is 1. The Bertz CT molecular complexity index is 956. The number of aryl methyl sites for hydroxylation is 1. The maximum Gasteiger partial charge on any atom is 0.343 e. The molecule has 0 unspecified atom stereocenters. The molecular weight excluding hydrogens is 347 g/mol. The normalized spacial score (nSPS) is 17.4. The monoisotopic (exact) mass is 372 g/mol. The number of esters is 1. The van der Waals surface area contributed by atoms with E-state index in [4.69, 9.17) is 4.74 Å². The fourth-order valence-electron chi connectivity index (χ4n) is 4.21. The minimum absolute atomic E-state index is 0.0132. The number of piperidine rings is 1. The summed E-state index contributed by atoms with van der Waals surface area (Å²) < 4.78 is 21.4. The summed E-state index contributed by atoms with van der Waals surface area (Å²) in [6.45, 7) is 5.45. The van der Waals surface area contributed by atoms with Gasteiger partial charge in [-0.2, -0.15) is 0 Å². The first-order chi connectivity index (χ1) is 13.0. The highest BCUT2D eigenvalue weighted by atomic mass is 19.1. The van der Waals surface area contributed by atoms with Gasteiger partial charge in [0.1, 0.15) is 5.56 Å². The quantitative estimate of drug-likeness (QED) is 0.766. The number of ether oxygens (including phenoxy) is 1. The van der Waals surface area contributed by atoms with Crippen LogP contribution in [0.1, 0.15) is 66.4 Å². The highest BCUT2D eigenvalue weighted by molar-refractivity contribution is 5.90. The lowest BCUT2D eigenvalue weighted by Crippen LogP contribution is -2.32. The molecule has 0 atom stereocenters. The molecule has 2 fully saturated rings. The zero-order chi connectivity index (χ0) is 19.1. The molecule has 1 saturated carbocycles. The molecule has 0 N–H and O–H groups in total. The Labute approximate surface area is 157 Å². The van der Waals surface area contributed by atoms with Gasteiger partial charge in [0, 0.05) is 13.1 Å². The van der Waals surface area contributed by atoms with Crippen molar-refractivity contribution in [2.24, 2.45) is 0 Å². The summed E-state index contributed by atoms with van der Waals surface area (Å²) in [5, 5.41) is 0. The SMILES string of the molecule is CCOC(=O)c1cc(C2CC2)c2c(C)c(N3CCCCC3)c(F)cn2c1=O. The molecule has 2 aliphatic rings. The maximum absolute atomic E-state index is 15.1. The lowest BCUT2D eigenvalue weighted by molar-refractivity contribution is 0.0524. The van der Waals surface area contributed by atoms with Gasteiger partial charge in [-0.3, -0.25) is 9.20 Å². The zero-order valence-corrected chi connectivity index (χ0v) is 15.9. The van der Waals surface area contributed by atoms with Crippen molar-refractivity contribution in [1.29, 1.82) is 0 Å². The van der Waals surface area contributed by atoms with E-state index in [2.05, 4.69) is 4.90 Å². The molecule has 0 radical (unpaired) electrons. The summed E-state index contributed by atoms with van der Waals surface area (Å²) in [7, 11) is 0. The highest BCUT2D eigenvalue weighted by Crippen LogP contribution is 2.44. The first-order valence-electron chi connectivity index (χ1n) is 9.83. The van der Waals surface area contributed by atoms with Crippen molar-refractivity contribution >= 4 is 17.2 Å². The van der Waals surface area contributed by atoms with Crippen LogP contribution in [0, 0.1) is 12.7 Å². The Morgan fingerprint density at radius 1 is 1.26 bits per heavy atom. The second-order valence-corrected chi connectivity index (χ2v) is 7.53. The number of fused-ring (bicyclic) bond motifs is 1. The lowest BCUT2D eigenvalue weighted by Gasteiger charge is -2.31. The zero-order valence-electron chi connectivity index (χ0n) is 15.9. The molecule has 2 aromatic rings. The lowest BCUT2D eigenvalue weighted by atomic mass is 10.0. The van der Waals surface area contributed by atoms with Crippen LogP contribution in [0.3, 0.4) is 0 Å². The van der Waals surface area contributed by atoms with Gasteiger partial charge < -0.3 is 9.64 Å². The Balaban J connectivity index is 1.96. The molecule has 0 bridgehead atoms. The molecule has 0 spiro atoms. The van der Waals surface area contributed by atoms with E-state index < -0.39 is 17.3 Å². The van der Waals surface area contributed by atoms with E-state index in [0.29, 0.717) is 11.6 Å². The van der Waals surface area contributed by atoms with E-state index in [-0.39, 0.29) is 12.2 Å². The van der Waals surface area contributed by atoms with Crippen LogP contribution in [0.15, 0.2) is 17.1 Å². The highest BCUT2D eigenvalue weighted by Gasteiger charge is 2.31. The number of hydrogen-bond acceptors (Lipinski definition) is 4. The Morgan fingerprint density at radius 3 is 2.59 bits per heavy atom. The molecule has 3 heterocycles. The number of pyridine rings is 2. The van der Waals surface area contributed by atoms with E-state index in [1.165, 1.54) is 17.0 Å². The minimum atomic E-state index is -0.642. The predicted octanol–water partition coefficient (Wildman–Crippen LogP) is 3.79. The van der Waals surface area contributed by atoms with Gasteiger partial charge in [-0.05, 0) is 69.1 Å². The number of carbonyl (C=O) groups is 1. The van der Waals surface area contributed by atoms with Crippen LogP contribution in [0.4, 0.5) is 10.1 Å². The molecule has 5 nitrogen and oxygen atoms in total. The summed E-state index contributed by atoms with van der Waals surface area (Å²) in [5.74, 6) is -0.740. The first kappa shape index (κ1) is 18.0. The van der Waals surface area contributed by atoms with Crippen molar-refractivity contribution in [2.45, 2.75) is 51.9 Å². The van der Waals surface area contributed by atoms with Gasteiger partial charge in [0.25, 0.3) is 5.56 Å². The van der Waals surface area contributed by atoms with Gasteiger partial charge in [0.05, 0.1) is 24.0 Å². The topological polar surface area (TPSA) is 51.0 Å². The number of nitrogens with zero attached hydrogens (tertiary/aromatic N) is 2. The third-order valence-corrected chi connectivity index (χ3v) is 5.63. The molecule has 6 heteroatoms. The standard InChI is InChI=1S/C21H25FN2O3/c1-3-27-21(26)16-11-15(14-7-8-14)18-13(2)19(23-9-5-4-6-10-23)17(22)12-24(18)20(16)25/h11-12,14H,3-10H2,1-2H3. The van der Waals surface area contributed by atoms with Crippen LogP contribution in [0.2, 0.25) is 0 Å². The van der Waals surface area contributed by atoms with Crippen molar-refractivity contribution in [1.82, 2.24) is 4.40 Å². The summed E-state index contributed by atoms with van der Waals surface area (Å²) in [6.07, 6.45) is 6.56. The van der Waals surface area contributed by atoms with Gasteiger partial charge in [0.15, 0.2) is 5.82 Å². The van der Waals surface area contributed by atoms with Gasteiger partial charge in [0.2, 0.25) is 0 Å². The number of hydrogen-bond donors (Lipinski definition) is 0. The predicted molar refractivity (Wildman–Crippen MR) is 102 cm³/mol. The molecular formula is C21H25FN2O3. The maximum atomic E-state index is 15.1. The molecule has 144 valence electrons. The van der Waals surface area contributed by atoms with Crippen molar-refractivity contribution in [3.8, 4) is 0 Å². The van der Waals surface area contributed by atoms with Crippen molar-refractivity contribution in [3.63, 3.8) is 0 Å². The van der Waals surface area contributed by atoms with Crippen LogP contribution in [0.25, 0.3) is 5.52 Å². The van der Waals surface area contributed by atoms with E-state index in [1.54, 1.807) is 13.0 Å². The number of rotatable bonds is 4. The second-order valence-electron chi connectivity index (χ2n) is 7.53. The molecule has 1 aliphatic heterocycles. The number of halogens is 1. The van der Waals surface area contributed by atoms with Crippen LogP contribution < -0.4 is 10.5 Å². The third kappa shape index (κ3) is 3.11. The van der Waals surface area contributed by atoms with E-state index in [0.717, 1.165) is 55.4 Å². The fraction of sp³-hybridized carbons (Fsp3) is 0.524. The second kappa shape index (κ2) is 6.98. The molecule has 1 aliphatic carbocycles. The van der Waals surface area contributed by atoms with Crippen molar-refractivity contribution < 1.29 is 13.9 Å². The Morgan fingerprint density at radius 2 is 1.96 bits per heavy atom. The van der Waals surface area contributed by atoms with Crippen LogP contribution >= 0.6 is 0 Å². The molecule has 0 amide bonds. The van der Waals surface area contributed by atoms with E-state index >= 15 is 4.39 Å². The summed E-state index contributed by atoms with van der Waals surface area (Å²) >= 11 is 0. The van der Waals surface area contributed by atoms with Gasteiger partial charge in [-0.15, -0.1) is 0 Å². The van der Waals surface area contributed by atoms with Crippen LogP contribution in [0.5, 0.6) is 0 Å². The average molecular weight is 372 g/mol.